The van der Waals surface area contributed by atoms with E-state index >= 15 is 0 Å². The largest absolute Gasteiger partial charge is 0.497 e. The summed E-state index contributed by atoms with van der Waals surface area (Å²) in [5.74, 6) is 0.335. The number of benzene rings is 1. The second-order valence-corrected chi connectivity index (χ2v) is 6.64. The average Bonchev–Trinajstić information content (AvgIpc) is 2.84. The van der Waals surface area contributed by atoms with E-state index in [9.17, 15) is 9.59 Å². The van der Waals surface area contributed by atoms with Gasteiger partial charge in [-0.3, -0.25) is 9.59 Å². The molecular formula is C17H21N3O3S. The van der Waals surface area contributed by atoms with E-state index in [4.69, 9.17) is 4.74 Å². The predicted molar refractivity (Wildman–Crippen MR) is 94.4 cm³/mol. The van der Waals surface area contributed by atoms with E-state index in [1.165, 1.54) is 18.3 Å². The molecular weight excluding hydrogens is 326 g/mol. The van der Waals surface area contributed by atoms with Gasteiger partial charge in [0.15, 0.2) is 5.13 Å². The fourth-order valence-corrected chi connectivity index (χ4v) is 3.05. The first-order chi connectivity index (χ1) is 11.4. The Hall–Kier alpha value is -2.41. The van der Waals surface area contributed by atoms with Gasteiger partial charge < -0.3 is 15.4 Å². The summed E-state index contributed by atoms with van der Waals surface area (Å²) in [6, 6.07) is 6.87. The fourth-order valence-electron chi connectivity index (χ4n) is 2.22. The van der Waals surface area contributed by atoms with Crippen LogP contribution in [0.2, 0.25) is 0 Å². The number of rotatable bonds is 6. The lowest BCUT2D eigenvalue weighted by atomic mass is 10.0. The molecule has 0 radical (unpaired) electrons. The zero-order valence-corrected chi connectivity index (χ0v) is 15.0. The van der Waals surface area contributed by atoms with E-state index in [2.05, 4.69) is 15.6 Å². The number of carbonyl (C=O) groups excluding carboxylic acids is 2. The van der Waals surface area contributed by atoms with E-state index in [0.717, 1.165) is 21.9 Å². The Morgan fingerprint density at radius 1 is 1.25 bits per heavy atom. The maximum absolute atomic E-state index is 12.3. The van der Waals surface area contributed by atoms with Crippen LogP contribution in [0.1, 0.15) is 35.5 Å². The molecule has 6 nitrogen and oxygen atoms in total. The van der Waals surface area contributed by atoms with E-state index in [0.29, 0.717) is 5.13 Å². The lowest BCUT2D eigenvalue weighted by Gasteiger charge is -2.18. The van der Waals surface area contributed by atoms with Crippen molar-refractivity contribution < 1.29 is 14.3 Å². The van der Waals surface area contributed by atoms with Crippen LogP contribution in [0.3, 0.4) is 0 Å². The molecule has 0 bridgehead atoms. The molecule has 0 saturated heterocycles. The number of hydrogen-bond acceptors (Lipinski definition) is 5. The van der Waals surface area contributed by atoms with Gasteiger partial charge in [-0.25, -0.2) is 4.98 Å². The summed E-state index contributed by atoms with van der Waals surface area (Å²) in [5, 5.41) is 6.18. The number of methoxy groups -OCH3 is 1. The molecule has 0 saturated carbocycles. The summed E-state index contributed by atoms with van der Waals surface area (Å²) in [5.41, 5.74) is 1.75. The summed E-state index contributed by atoms with van der Waals surface area (Å²) in [6.45, 7) is 5.29. The number of hydrogen-bond donors (Lipinski definition) is 2. The molecule has 0 aliphatic rings. The van der Waals surface area contributed by atoms with E-state index < -0.39 is 6.04 Å². The molecule has 0 aliphatic heterocycles. The molecule has 2 rings (SSSR count). The Balaban J connectivity index is 2.09. The number of amides is 2. The number of aryl methyl sites for hydroxylation is 2. The van der Waals surface area contributed by atoms with Crippen LogP contribution in [0.4, 0.5) is 5.13 Å². The number of carbonyl (C=O) groups is 2. The third-order valence-corrected chi connectivity index (χ3v) is 4.55. The lowest BCUT2D eigenvalue weighted by molar-refractivity contribution is -0.120. The van der Waals surface area contributed by atoms with Crippen molar-refractivity contribution in [2.75, 3.05) is 12.4 Å². The minimum Gasteiger partial charge on any atom is -0.497 e. The van der Waals surface area contributed by atoms with Gasteiger partial charge >= 0.3 is 0 Å². The third kappa shape index (κ3) is 4.79. The molecule has 1 aromatic heterocycles. The first-order valence-corrected chi connectivity index (χ1v) is 8.35. The number of nitrogens with one attached hydrogen (secondary N) is 2. The number of ether oxygens (including phenoxy) is 1. The zero-order chi connectivity index (χ0) is 17.7. The summed E-state index contributed by atoms with van der Waals surface area (Å²) in [7, 11) is 1.59. The smallest absolute Gasteiger partial charge is 0.228 e. The molecule has 2 amide bonds. The van der Waals surface area contributed by atoms with Crippen LogP contribution in [0.5, 0.6) is 5.75 Å². The first-order valence-electron chi connectivity index (χ1n) is 7.54. The van der Waals surface area contributed by atoms with Gasteiger partial charge in [-0.2, -0.15) is 0 Å². The fraction of sp³-hybridized carbons (Fsp3) is 0.353. The van der Waals surface area contributed by atoms with Crippen molar-refractivity contribution in [2.24, 2.45) is 0 Å². The van der Waals surface area contributed by atoms with Gasteiger partial charge in [-0.15, -0.1) is 11.3 Å². The summed E-state index contributed by atoms with van der Waals surface area (Å²) in [4.78, 5) is 29.1. The highest BCUT2D eigenvalue weighted by molar-refractivity contribution is 7.15. The minimum atomic E-state index is -0.407. The molecule has 0 spiro atoms. The molecule has 128 valence electrons. The van der Waals surface area contributed by atoms with Crippen molar-refractivity contribution in [3.63, 3.8) is 0 Å². The van der Waals surface area contributed by atoms with Crippen LogP contribution >= 0.6 is 11.3 Å². The van der Waals surface area contributed by atoms with Crippen LogP contribution in [0.15, 0.2) is 24.3 Å². The molecule has 0 unspecified atom stereocenters. The van der Waals surface area contributed by atoms with E-state index in [-0.39, 0.29) is 18.2 Å². The molecule has 1 atom stereocenters. The van der Waals surface area contributed by atoms with Gasteiger partial charge in [0.25, 0.3) is 0 Å². The highest BCUT2D eigenvalue weighted by Crippen LogP contribution is 2.24. The molecule has 0 fully saturated rings. The second kappa shape index (κ2) is 7.92. The van der Waals surface area contributed by atoms with Crippen LogP contribution in [0, 0.1) is 13.8 Å². The van der Waals surface area contributed by atoms with Crippen molar-refractivity contribution >= 4 is 28.3 Å². The van der Waals surface area contributed by atoms with Gasteiger partial charge in [-0.1, -0.05) is 12.1 Å². The van der Waals surface area contributed by atoms with Crippen LogP contribution < -0.4 is 15.4 Å². The van der Waals surface area contributed by atoms with Gasteiger partial charge in [0.2, 0.25) is 11.8 Å². The maximum Gasteiger partial charge on any atom is 0.228 e. The topological polar surface area (TPSA) is 80.3 Å². The first kappa shape index (κ1) is 17.9. The van der Waals surface area contributed by atoms with Gasteiger partial charge in [0, 0.05) is 11.8 Å². The van der Waals surface area contributed by atoms with Gasteiger partial charge in [0.1, 0.15) is 5.75 Å². The zero-order valence-electron chi connectivity index (χ0n) is 14.2. The molecule has 24 heavy (non-hydrogen) atoms. The quantitative estimate of drug-likeness (QED) is 0.842. The SMILES string of the molecule is COc1ccc([C@H](CC(=O)Nc2nc(C)c(C)s2)NC(C)=O)cc1. The normalized spacial score (nSPS) is 11.7. The molecule has 1 aromatic carbocycles. The minimum absolute atomic E-state index is 0.129. The van der Waals surface area contributed by atoms with Crippen molar-refractivity contribution in [3.8, 4) is 5.75 Å². The van der Waals surface area contributed by atoms with E-state index in [1.54, 1.807) is 19.2 Å². The summed E-state index contributed by atoms with van der Waals surface area (Å²) < 4.78 is 5.13. The van der Waals surface area contributed by atoms with Crippen molar-refractivity contribution in [2.45, 2.75) is 33.2 Å². The van der Waals surface area contributed by atoms with E-state index in [1.807, 2.05) is 26.0 Å². The van der Waals surface area contributed by atoms with Crippen LogP contribution in [0.25, 0.3) is 0 Å². The lowest BCUT2D eigenvalue weighted by Crippen LogP contribution is -2.29. The number of anilines is 1. The Kier molecular flexibility index (Phi) is 5.92. The van der Waals surface area contributed by atoms with Gasteiger partial charge in [-0.05, 0) is 31.5 Å². The maximum atomic E-state index is 12.3. The summed E-state index contributed by atoms with van der Waals surface area (Å²) in [6.07, 6.45) is 0.129. The number of aromatic nitrogens is 1. The van der Waals surface area contributed by atoms with Crippen molar-refractivity contribution in [3.05, 3.63) is 40.4 Å². The number of nitrogens with zero attached hydrogens (tertiary/aromatic N) is 1. The van der Waals surface area contributed by atoms with Crippen molar-refractivity contribution in [1.82, 2.24) is 10.3 Å². The van der Waals surface area contributed by atoms with Gasteiger partial charge in [0.05, 0.1) is 25.3 Å². The highest BCUT2D eigenvalue weighted by Gasteiger charge is 2.18. The Bertz CT molecular complexity index is 706. The summed E-state index contributed by atoms with van der Waals surface area (Å²) >= 11 is 1.44. The molecule has 1 heterocycles. The molecule has 2 aromatic rings. The monoisotopic (exact) mass is 347 g/mol. The Morgan fingerprint density at radius 3 is 2.42 bits per heavy atom. The highest BCUT2D eigenvalue weighted by atomic mass is 32.1. The average molecular weight is 347 g/mol. The molecule has 0 aliphatic carbocycles. The number of thiazole rings is 1. The standard InChI is InChI=1S/C17H21N3O3S/c1-10-11(2)24-17(18-10)20-16(22)9-15(19-12(3)21)13-5-7-14(23-4)8-6-13/h5-8,15H,9H2,1-4H3,(H,19,21)(H,18,20,22)/t15-/m0/s1. The van der Waals surface area contributed by atoms with Crippen molar-refractivity contribution in [1.29, 1.82) is 0 Å². The molecule has 7 heteroatoms. The molecule has 2 N–H and O–H groups in total. The third-order valence-electron chi connectivity index (χ3n) is 3.56. The van der Waals surface area contributed by atoms with Crippen LogP contribution in [-0.4, -0.2) is 23.9 Å². The predicted octanol–water partition coefficient (Wildman–Crippen LogP) is 2.97. The Morgan fingerprint density at radius 2 is 1.92 bits per heavy atom. The Labute approximate surface area is 145 Å². The van der Waals surface area contributed by atoms with Crippen LogP contribution in [-0.2, 0) is 9.59 Å². The second-order valence-electron chi connectivity index (χ2n) is 5.44.